The molecule has 5 heteroatoms. The fraction of sp³-hybridized carbons (Fsp3) is 0.200. The van der Waals surface area contributed by atoms with Crippen LogP contribution in [0.4, 0.5) is 11.4 Å². The summed E-state index contributed by atoms with van der Waals surface area (Å²) in [5.41, 5.74) is 9.92. The summed E-state index contributed by atoms with van der Waals surface area (Å²) in [7, 11) is 1.34. The SMILES string of the molecule is COC(=O)c1ccc(NCc2cnccc2C)c(N)c1. The van der Waals surface area contributed by atoms with Crippen molar-refractivity contribution in [2.75, 3.05) is 18.2 Å². The molecule has 0 aliphatic rings. The maximum absolute atomic E-state index is 11.4. The zero-order chi connectivity index (χ0) is 14.5. The van der Waals surface area contributed by atoms with Gasteiger partial charge in [0.1, 0.15) is 0 Å². The summed E-state index contributed by atoms with van der Waals surface area (Å²) >= 11 is 0. The summed E-state index contributed by atoms with van der Waals surface area (Å²) < 4.78 is 4.65. The molecule has 0 spiro atoms. The minimum atomic E-state index is -0.397. The van der Waals surface area contributed by atoms with Crippen molar-refractivity contribution in [2.24, 2.45) is 0 Å². The highest BCUT2D eigenvalue weighted by atomic mass is 16.5. The van der Waals surface area contributed by atoms with Gasteiger partial charge in [0.25, 0.3) is 0 Å². The van der Waals surface area contributed by atoms with Gasteiger partial charge in [0.15, 0.2) is 0 Å². The van der Waals surface area contributed by atoms with Crippen molar-refractivity contribution in [1.82, 2.24) is 4.98 Å². The van der Waals surface area contributed by atoms with E-state index in [2.05, 4.69) is 15.0 Å². The van der Waals surface area contributed by atoms with Crippen LogP contribution in [-0.2, 0) is 11.3 Å². The highest BCUT2D eigenvalue weighted by molar-refractivity contribution is 5.91. The third kappa shape index (κ3) is 3.06. The summed E-state index contributed by atoms with van der Waals surface area (Å²) in [5, 5.41) is 3.24. The lowest BCUT2D eigenvalue weighted by molar-refractivity contribution is 0.0601. The van der Waals surface area contributed by atoms with Gasteiger partial charge in [0.05, 0.1) is 24.0 Å². The molecule has 0 aliphatic heterocycles. The summed E-state index contributed by atoms with van der Waals surface area (Å²) in [6.45, 7) is 2.66. The standard InChI is InChI=1S/C15H17N3O2/c1-10-5-6-17-8-12(10)9-18-14-4-3-11(7-13(14)16)15(19)20-2/h3-8,18H,9,16H2,1-2H3. The number of benzene rings is 1. The van der Waals surface area contributed by atoms with Crippen LogP contribution in [0, 0.1) is 6.92 Å². The Kier molecular flexibility index (Phi) is 4.20. The van der Waals surface area contributed by atoms with Gasteiger partial charge in [-0.3, -0.25) is 4.98 Å². The first-order valence-corrected chi connectivity index (χ1v) is 6.23. The van der Waals surface area contributed by atoms with Gasteiger partial charge in [-0.15, -0.1) is 0 Å². The normalized spacial score (nSPS) is 10.1. The number of nitrogen functional groups attached to an aromatic ring is 1. The van der Waals surface area contributed by atoms with E-state index in [0.717, 1.165) is 16.8 Å². The molecule has 0 atom stereocenters. The second kappa shape index (κ2) is 6.06. The average Bonchev–Trinajstić information content (AvgIpc) is 2.46. The summed E-state index contributed by atoms with van der Waals surface area (Å²) in [6.07, 6.45) is 3.58. The number of rotatable bonds is 4. The van der Waals surface area contributed by atoms with Crippen LogP contribution < -0.4 is 11.1 Å². The Hall–Kier alpha value is -2.56. The number of esters is 1. The molecule has 0 bridgehead atoms. The van der Waals surface area contributed by atoms with E-state index in [9.17, 15) is 4.79 Å². The lowest BCUT2D eigenvalue weighted by Gasteiger charge is -2.11. The molecule has 2 rings (SSSR count). The Balaban J connectivity index is 2.11. The molecule has 0 saturated heterocycles. The number of carbonyl (C=O) groups is 1. The zero-order valence-corrected chi connectivity index (χ0v) is 11.5. The monoisotopic (exact) mass is 271 g/mol. The zero-order valence-electron chi connectivity index (χ0n) is 11.5. The number of pyridine rings is 1. The highest BCUT2D eigenvalue weighted by Gasteiger charge is 2.08. The number of nitrogens with two attached hydrogens (primary N) is 1. The molecule has 0 aliphatic carbocycles. The van der Waals surface area contributed by atoms with Crippen LogP contribution in [-0.4, -0.2) is 18.1 Å². The number of aryl methyl sites for hydroxylation is 1. The van der Waals surface area contributed by atoms with Gasteiger partial charge in [0, 0.05) is 18.9 Å². The van der Waals surface area contributed by atoms with Gasteiger partial charge in [-0.2, -0.15) is 0 Å². The lowest BCUT2D eigenvalue weighted by atomic mass is 10.1. The smallest absolute Gasteiger partial charge is 0.337 e. The van der Waals surface area contributed by atoms with Crippen molar-refractivity contribution in [3.05, 3.63) is 53.3 Å². The van der Waals surface area contributed by atoms with Gasteiger partial charge >= 0.3 is 5.97 Å². The number of hydrogen-bond acceptors (Lipinski definition) is 5. The molecule has 20 heavy (non-hydrogen) atoms. The number of nitrogens with one attached hydrogen (secondary N) is 1. The minimum Gasteiger partial charge on any atom is -0.465 e. The maximum atomic E-state index is 11.4. The third-order valence-electron chi connectivity index (χ3n) is 3.09. The fourth-order valence-corrected chi connectivity index (χ4v) is 1.84. The second-order valence-electron chi connectivity index (χ2n) is 4.45. The highest BCUT2D eigenvalue weighted by Crippen LogP contribution is 2.21. The molecule has 0 fully saturated rings. The van der Waals surface area contributed by atoms with Crippen molar-refractivity contribution in [2.45, 2.75) is 13.5 Å². The predicted molar refractivity (Wildman–Crippen MR) is 78.5 cm³/mol. The quantitative estimate of drug-likeness (QED) is 0.659. The second-order valence-corrected chi connectivity index (χ2v) is 4.45. The number of ether oxygens (including phenoxy) is 1. The van der Waals surface area contributed by atoms with Gasteiger partial charge in [0.2, 0.25) is 0 Å². The Morgan fingerprint density at radius 3 is 2.85 bits per heavy atom. The summed E-state index contributed by atoms with van der Waals surface area (Å²) in [5.74, 6) is -0.397. The number of anilines is 2. The molecule has 0 saturated carbocycles. The van der Waals surface area contributed by atoms with Crippen molar-refractivity contribution in [3.8, 4) is 0 Å². The molecule has 0 radical (unpaired) electrons. The fourth-order valence-electron chi connectivity index (χ4n) is 1.84. The largest absolute Gasteiger partial charge is 0.465 e. The minimum absolute atomic E-state index is 0.397. The first-order chi connectivity index (χ1) is 9.61. The van der Waals surface area contributed by atoms with Crippen molar-refractivity contribution < 1.29 is 9.53 Å². The van der Waals surface area contributed by atoms with Crippen LogP contribution in [0.5, 0.6) is 0 Å². The summed E-state index contributed by atoms with van der Waals surface area (Å²) in [6, 6.07) is 7.01. The summed E-state index contributed by atoms with van der Waals surface area (Å²) in [4.78, 5) is 15.5. The van der Waals surface area contributed by atoms with Gasteiger partial charge in [-0.05, 0) is 42.3 Å². The predicted octanol–water partition coefficient (Wildman–Crippen LogP) is 2.37. The number of methoxy groups -OCH3 is 1. The first kappa shape index (κ1) is 13.9. The molecular formula is C15H17N3O2. The number of carbonyl (C=O) groups excluding carboxylic acids is 1. The average molecular weight is 271 g/mol. The number of hydrogen-bond donors (Lipinski definition) is 2. The van der Waals surface area contributed by atoms with Crippen LogP contribution in [0.3, 0.4) is 0 Å². The maximum Gasteiger partial charge on any atom is 0.337 e. The van der Waals surface area contributed by atoms with E-state index in [-0.39, 0.29) is 0 Å². The topological polar surface area (TPSA) is 77.2 Å². The molecular weight excluding hydrogens is 254 g/mol. The van der Waals surface area contributed by atoms with E-state index in [1.54, 1.807) is 24.4 Å². The van der Waals surface area contributed by atoms with Crippen LogP contribution in [0.2, 0.25) is 0 Å². The van der Waals surface area contributed by atoms with E-state index in [1.807, 2.05) is 19.2 Å². The van der Waals surface area contributed by atoms with E-state index < -0.39 is 5.97 Å². The van der Waals surface area contributed by atoms with Gasteiger partial charge < -0.3 is 15.8 Å². The third-order valence-corrected chi connectivity index (χ3v) is 3.09. The molecule has 5 nitrogen and oxygen atoms in total. The molecule has 0 amide bonds. The van der Waals surface area contributed by atoms with Crippen molar-refractivity contribution >= 4 is 17.3 Å². The lowest BCUT2D eigenvalue weighted by Crippen LogP contribution is -2.06. The molecule has 3 N–H and O–H groups in total. The number of nitrogens with zero attached hydrogens (tertiary/aromatic N) is 1. The first-order valence-electron chi connectivity index (χ1n) is 6.23. The van der Waals surface area contributed by atoms with Crippen LogP contribution >= 0.6 is 0 Å². The Bertz CT molecular complexity index is 626. The Morgan fingerprint density at radius 2 is 2.20 bits per heavy atom. The molecule has 2 aromatic rings. The molecule has 0 unspecified atom stereocenters. The molecule has 1 heterocycles. The molecule has 104 valence electrons. The van der Waals surface area contributed by atoms with E-state index in [1.165, 1.54) is 7.11 Å². The van der Waals surface area contributed by atoms with E-state index >= 15 is 0 Å². The van der Waals surface area contributed by atoms with Crippen molar-refractivity contribution in [3.63, 3.8) is 0 Å². The van der Waals surface area contributed by atoms with E-state index in [0.29, 0.717) is 17.8 Å². The van der Waals surface area contributed by atoms with Crippen LogP contribution in [0.25, 0.3) is 0 Å². The molecule has 1 aromatic carbocycles. The van der Waals surface area contributed by atoms with Gasteiger partial charge in [-0.1, -0.05) is 0 Å². The van der Waals surface area contributed by atoms with Crippen LogP contribution in [0.15, 0.2) is 36.7 Å². The Labute approximate surface area is 117 Å². The van der Waals surface area contributed by atoms with Crippen molar-refractivity contribution in [1.29, 1.82) is 0 Å². The number of aromatic nitrogens is 1. The van der Waals surface area contributed by atoms with Crippen LogP contribution in [0.1, 0.15) is 21.5 Å². The van der Waals surface area contributed by atoms with E-state index in [4.69, 9.17) is 5.73 Å². The molecule has 1 aromatic heterocycles. The van der Waals surface area contributed by atoms with Gasteiger partial charge in [-0.25, -0.2) is 4.79 Å². The Morgan fingerprint density at radius 1 is 1.40 bits per heavy atom.